The molecule has 2 aromatic carbocycles. The van der Waals surface area contributed by atoms with Gasteiger partial charge in [0.25, 0.3) is 0 Å². The number of fused-ring (bicyclic) bond motifs is 1. The maximum Gasteiger partial charge on any atom is 0.230 e. The van der Waals surface area contributed by atoms with E-state index >= 15 is 0 Å². The number of carbonyl (C=O) groups excluding carboxylic acids is 1. The van der Waals surface area contributed by atoms with E-state index in [1.54, 1.807) is 24.3 Å². The van der Waals surface area contributed by atoms with Gasteiger partial charge in [-0.1, -0.05) is 41.3 Å². The molecule has 1 aliphatic heterocycles. The van der Waals surface area contributed by atoms with Crippen molar-refractivity contribution in [1.29, 1.82) is 0 Å². The van der Waals surface area contributed by atoms with Crippen LogP contribution in [0.5, 0.6) is 0 Å². The van der Waals surface area contributed by atoms with Crippen molar-refractivity contribution >= 4 is 49.6 Å². The van der Waals surface area contributed by atoms with E-state index in [1.165, 1.54) is 0 Å². The first-order chi connectivity index (χ1) is 9.61. The topological polar surface area (TPSA) is 41.5 Å². The summed E-state index contributed by atoms with van der Waals surface area (Å²) in [6.45, 7) is 0. The van der Waals surface area contributed by atoms with Crippen molar-refractivity contribution < 1.29 is 4.79 Å². The third-order valence-corrected chi connectivity index (χ3v) is 3.10. The first-order valence-electron chi connectivity index (χ1n) is 6.25. The molecule has 20 heavy (non-hydrogen) atoms. The number of benzene rings is 2. The molecule has 1 heterocycles. The molecule has 3 nitrogen and oxygen atoms in total. The molecule has 0 fully saturated rings. The predicted octanol–water partition coefficient (Wildman–Crippen LogP) is 0.737. The van der Waals surface area contributed by atoms with Crippen molar-refractivity contribution in [3.05, 3.63) is 48.0 Å². The zero-order valence-electron chi connectivity index (χ0n) is 10.8. The summed E-state index contributed by atoms with van der Waals surface area (Å²) in [4.78, 5) is 16.5. The lowest BCUT2D eigenvalue weighted by atomic mass is 9.92. The number of aliphatic imine (C=N–C) groups is 1. The van der Waals surface area contributed by atoms with Crippen LogP contribution < -0.4 is 16.2 Å². The van der Waals surface area contributed by atoms with E-state index < -0.39 is 0 Å². The van der Waals surface area contributed by atoms with Crippen LogP contribution in [0.1, 0.15) is 12.0 Å². The molecule has 1 N–H and O–H groups in total. The van der Waals surface area contributed by atoms with E-state index in [-0.39, 0.29) is 12.3 Å². The number of amides is 1. The maximum atomic E-state index is 11.9. The summed E-state index contributed by atoms with van der Waals surface area (Å²) in [6, 6.07) is 12.6. The molecule has 3 rings (SSSR count). The molecule has 0 saturated heterocycles. The van der Waals surface area contributed by atoms with Gasteiger partial charge in [-0.05, 0) is 17.7 Å². The number of nitrogens with zero attached hydrogens (tertiary/aromatic N) is 1. The number of anilines is 1. The Hall–Kier alpha value is -2.29. The summed E-state index contributed by atoms with van der Waals surface area (Å²) in [5.41, 5.74) is 4.10. The van der Waals surface area contributed by atoms with Crippen LogP contribution in [-0.2, 0) is 4.79 Å². The lowest BCUT2D eigenvalue weighted by Crippen LogP contribution is -2.16. The van der Waals surface area contributed by atoms with Crippen molar-refractivity contribution in [3.63, 3.8) is 0 Å². The molecule has 0 aliphatic carbocycles. The third kappa shape index (κ3) is 2.52. The van der Waals surface area contributed by atoms with Gasteiger partial charge in [-0.3, -0.25) is 9.79 Å². The largest absolute Gasteiger partial charge is 0.324 e. The quantitative estimate of drug-likeness (QED) is 0.751. The number of hydrogen-bond acceptors (Lipinski definition) is 2. The summed E-state index contributed by atoms with van der Waals surface area (Å²) in [5, 5.41) is 2.82. The summed E-state index contributed by atoms with van der Waals surface area (Å²) in [6.07, 6.45) is 0.206. The Bertz CT molecular complexity index is 726. The van der Waals surface area contributed by atoms with Gasteiger partial charge in [-0.2, -0.15) is 0 Å². The SMILES string of the molecule is [B]c1cccc(C2=Nc3cc([B])ccc3NC(=O)C2)c1. The predicted molar refractivity (Wildman–Crippen MR) is 83.1 cm³/mol. The van der Waals surface area contributed by atoms with E-state index in [0.717, 1.165) is 5.56 Å². The highest BCUT2D eigenvalue weighted by Crippen LogP contribution is 2.27. The molecule has 2 aromatic rings. The molecule has 1 aliphatic rings. The fourth-order valence-electron chi connectivity index (χ4n) is 2.16. The Labute approximate surface area is 119 Å². The van der Waals surface area contributed by atoms with Gasteiger partial charge in [-0.25, -0.2) is 0 Å². The Morgan fingerprint density at radius 2 is 1.85 bits per heavy atom. The van der Waals surface area contributed by atoms with E-state index in [2.05, 4.69) is 10.3 Å². The zero-order valence-corrected chi connectivity index (χ0v) is 10.8. The second kappa shape index (κ2) is 5.00. The highest BCUT2D eigenvalue weighted by molar-refractivity contribution is 6.33. The summed E-state index contributed by atoms with van der Waals surface area (Å²) in [7, 11) is 11.6. The highest BCUT2D eigenvalue weighted by atomic mass is 16.1. The Balaban J connectivity index is 2.13. The number of rotatable bonds is 1. The minimum Gasteiger partial charge on any atom is -0.324 e. The maximum absolute atomic E-state index is 11.9. The molecule has 0 saturated carbocycles. The Morgan fingerprint density at radius 1 is 1.05 bits per heavy atom. The van der Waals surface area contributed by atoms with Crippen LogP contribution in [0.3, 0.4) is 0 Å². The van der Waals surface area contributed by atoms with E-state index in [9.17, 15) is 4.79 Å². The third-order valence-electron chi connectivity index (χ3n) is 3.10. The van der Waals surface area contributed by atoms with Crippen LogP contribution in [0.2, 0.25) is 0 Å². The van der Waals surface area contributed by atoms with E-state index in [4.69, 9.17) is 15.7 Å². The number of hydrogen-bond donors (Lipinski definition) is 1. The van der Waals surface area contributed by atoms with E-state index in [1.807, 2.05) is 18.2 Å². The Morgan fingerprint density at radius 3 is 2.65 bits per heavy atom. The minimum atomic E-state index is -0.102. The normalized spacial score (nSPS) is 14.0. The summed E-state index contributed by atoms with van der Waals surface area (Å²) in [5.74, 6) is -0.102. The van der Waals surface area contributed by atoms with Crippen LogP contribution in [0.4, 0.5) is 11.4 Å². The van der Waals surface area contributed by atoms with Gasteiger partial charge in [0.1, 0.15) is 15.7 Å². The Kier molecular flexibility index (Phi) is 3.18. The van der Waals surface area contributed by atoms with E-state index in [0.29, 0.717) is 28.0 Å². The van der Waals surface area contributed by atoms with Crippen molar-refractivity contribution in [1.82, 2.24) is 0 Å². The standard InChI is InChI=1S/C15H10B2N2O/c16-10-3-1-2-9(6-10)13-8-15(20)19-12-5-4-11(17)7-14(12)18-13/h1-7H,8H2,(H,19,20). The number of carbonyl (C=O) groups is 1. The average Bonchev–Trinajstić information content (AvgIpc) is 2.56. The summed E-state index contributed by atoms with van der Waals surface area (Å²) < 4.78 is 0. The molecule has 0 spiro atoms. The van der Waals surface area contributed by atoms with Crippen LogP contribution in [0, 0.1) is 0 Å². The second-order valence-electron chi connectivity index (χ2n) is 4.69. The molecule has 5 heteroatoms. The fraction of sp³-hybridized carbons (Fsp3) is 0.0667. The smallest absolute Gasteiger partial charge is 0.230 e. The fourth-order valence-corrected chi connectivity index (χ4v) is 2.16. The van der Waals surface area contributed by atoms with Crippen LogP contribution in [-0.4, -0.2) is 27.3 Å². The molecule has 92 valence electrons. The van der Waals surface area contributed by atoms with Gasteiger partial charge in [0.2, 0.25) is 5.91 Å². The van der Waals surface area contributed by atoms with Gasteiger partial charge in [0.15, 0.2) is 0 Å². The second-order valence-corrected chi connectivity index (χ2v) is 4.69. The van der Waals surface area contributed by atoms with Gasteiger partial charge in [0, 0.05) is 0 Å². The van der Waals surface area contributed by atoms with Crippen LogP contribution in [0.25, 0.3) is 0 Å². The molecule has 0 atom stereocenters. The molecular formula is C15H10B2N2O. The lowest BCUT2D eigenvalue weighted by molar-refractivity contribution is -0.115. The first kappa shape index (κ1) is 12.7. The lowest BCUT2D eigenvalue weighted by Gasteiger charge is -2.05. The average molecular weight is 256 g/mol. The van der Waals surface area contributed by atoms with Crippen molar-refractivity contribution in [2.75, 3.05) is 5.32 Å². The molecular weight excluding hydrogens is 246 g/mol. The van der Waals surface area contributed by atoms with Crippen LogP contribution in [0.15, 0.2) is 47.5 Å². The summed E-state index contributed by atoms with van der Waals surface area (Å²) >= 11 is 0. The highest BCUT2D eigenvalue weighted by Gasteiger charge is 2.16. The molecule has 0 aromatic heterocycles. The molecule has 0 bridgehead atoms. The molecule has 1 amide bonds. The monoisotopic (exact) mass is 256 g/mol. The number of nitrogens with one attached hydrogen (secondary N) is 1. The van der Waals surface area contributed by atoms with Gasteiger partial charge >= 0.3 is 0 Å². The van der Waals surface area contributed by atoms with Crippen molar-refractivity contribution in [2.24, 2.45) is 4.99 Å². The first-order valence-corrected chi connectivity index (χ1v) is 6.25. The van der Waals surface area contributed by atoms with Crippen molar-refractivity contribution in [3.8, 4) is 0 Å². The van der Waals surface area contributed by atoms with Gasteiger partial charge in [0.05, 0.1) is 23.5 Å². The molecule has 4 radical (unpaired) electrons. The van der Waals surface area contributed by atoms with Gasteiger partial charge in [-0.15, -0.1) is 0 Å². The van der Waals surface area contributed by atoms with Crippen LogP contribution >= 0.6 is 0 Å². The molecule has 0 unspecified atom stereocenters. The zero-order chi connectivity index (χ0) is 14.1. The van der Waals surface area contributed by atoms with Crippen molar-refractivity contribution in [2.45, 2.75) is 6.42 Å². The van der Waals surface area contributed by atoms with Gasteiger partial charge < -0.3 is 5.32 Å². The minimum absolute atomic E-state index is 0.102.